The Morgan fingerprint density at radius 1 is 1.19 bits per heavy atom. The van der Waals surface area contributed by atoms with Crippen LogP contribution in [0.1, 0.15) is 22.0 Å². The molecule has 1 saturated heterocycles. The van der Waals surface area contributed by atoms with E-state index in [0.717, 1.165) is 11.3 Å². The molecular formula is C19H19N3O5. The van der Waals surface area contributed by atoms with Crippen molar-refractivity contribution < 1.29 is 19.2 Å². The number of anilines is 1. The van der Waals surface area contributed by atoms with Crippen molar-refractivity contribution in [1.82, 2.24) is 5.32 Å². The van der Waals surface area contributed by atoms with Crippen molar-refractivity contribution in [3.8, 4) is 5.75 Å². The van der Waals surface area contributed by atoms with Crippen LogP contribution in [0.3, 0.4) is 0 Å². The molecule has 1 atom stereocenters. The highest BCUT2D eigenvalue weighted by atomic mass is 16.6. The normalized spacial score (nSPS) is 18.5. The molecule has 2 aromatic carbocycles. The van der Waals surface area contributed by atoms with Gasteiger partial charge in [-0.2, -0.15) is 0 Å². The number of morpholine rings is 1. The Morgan fingerprint density at radius 3 is 2.74 bits per heavy atom. The van der Waals surface area contributed by atoms with Gasteiger partial charge in [0.2, 0.25) is 0 Å². The summed E-state index contributed by atoms with van der Waals surface area (Å²) in [5.41, 5.74) is 1.76. The molecule has 8 heteroatoms. The third kappa shape index (κ3) is 3.43. The minimum atomic E-state index is -0.492. The molecule has 1 amide bonds. The molecule has 2 aromatic rings. The average Bonchev–Trinajstić information content (AvgIpc) is 3.11. The number of fused-ring (bicyclic) bond motifs is 1. The Hall–Kier alpha value is -3.13. The van der Waals surface area contributed by atoms with Crippen LogP contribution >= 0.6 is 0 Å². The van der Waals surface area contributed by atoms with Gasteiger partial charge in [-0.15, -0.1) is 0 Å². The lowest BCUT2D eigenvalue weighted by Crippen LogP contribution is -2.38. The fourth-order valence-corrected chi connectivity index (χ4v) is 3.42. The molecule has 0 aromatic heterocycles. The number of hydrogen-bond donors (Lipinski definition) is 1. The van der Waals surface area contributed by atoms with Crippen molar-refractivity contribution >= 4 is 17.3 Å². The molecule has 8 nitrogen and oxygen atoms in total. The van der Waals surface area contributed by atoms with Gasteiger partial charge in [0.05, 0.1) is 35.4 Å². The van der Waals surface area contributed by atoms with E-state index in [1.54, 1.807) is 6.07 Å². The van der Waals surface area contributed by atoms with Gasteiger partial charge in [0, 0.05) is 30.8 Å². The number of amides is 1. The number of carbonyl (C=O) groups is 1. The van der Waals surface area contributed by atoms with Crippen LogP contribution in [0.15, 0.2) is 42.5 Å². The Labute approximate surface area is 155 Å². The largest absolute Gasteiger partial charge is 0.491 e. The van der Waals surface area contributed by atoms with Crippen molar-refractivity contribution in [2.24, 2.45) is 0 Å². The second kappa shape index (κ2) is 7.24. The summed E-state index contributed by atoms with van der Waals surface area (Å²) in [5, 5.41) is 14.1. The maximum absolute atomic E-state index is 13.0. The second-order valence-electron chi connectivity index (χ2n) is 6.43. The Bertz CT molecular complexity index is 879. The van der Waals surface area contributed by atoms with Crippen molar-refractivity contribution in [1.29, 1.82) is 0 Å². The van der Waals surface area contributed by atoms with E-state index in [2.05, 4.69) is 5.32 Å². The number of ether oxygens (including phenoxy) is 2. The summed E-state index contributed by atoms with van der Waals surface area (Å²) in [7, 11) is 0. The van der Waals surface area contributed by atoms with E-state index in [1.165, 1.54) is 12.1 Å². The van der Waals surface area contributed by atoms with Crippen LogP contribution < -0.4 is 15.0 Å². The lowest BCUT2D eigenvalue weighted by molar-refractivity contribution is -0.384. The third-order valence-electron chi connectivity index (χ3n) is 4.79. The first-order valence-corrected chi connectivity index (χ1v) is 8.77. The van der Waals surface area contributed by atoms with E-state index in [1.807, 2.05) is 29.2 Å². The minimum Gasteiger partial charge on any atom is -0.491 e. The number of carbonyl (C=O) groups excluding carboxylic acids is 1. The molecular weight excluding hydrogens is 350 g/mol. The van der Waals surface area contributed by atoms with Crippen LogP contribution in [0.25, 0.3) is 0 Å². The van der Waals surface area contributed by atoms with Crippen molar-refractivity contribution in [2.75, 3.05) is 37.8 Å². The Balaban J connectivity index is 1.63. The number of benzene rings is 2. The molecule has 0 radical (unpaired) electrons. The molecule has 0 saturated carbocycles. The minimum absolute atomic E-state index is 0.111. The number of nitrogens with zero attached hydrogens (tertiary/aromatic N) is 2. The number of hydrogen-bond acceptors (Lipinski definition) is 6. The fourth-order valence-electron chi connectivity index (χ4n) is 3.42. The first-order chi connectivity index (χ1) is 13.1. The van der Waals surface area contributed by atoms with Crippen LogP contribution in [0.4, 0.5) is 11.4 Å². The smallest absolute Gasteiger partial charge is 0.270 e. The second-order valence-corrected chi connectivity index (χ2v) is 6.43. The summed E-state index contributed by atoms with van der Waals surface area (Å²) in [5.74, 6) is 0.390. The average molecular weight is 369 g/mol. The Kier molecular flexibility index (Phi) is 4.64. The number of nitro benzene ring substituents is 1. The van der Waals surface area contributed by atoms with Crippen molar-refractivity contribution in [3.05, 3.63) is 63.7 Å². The Morgan fingerprint density at radius 2 is 1.96 bits per heavy atom. The molecule has 27 heavy (non-hydrogen) atoms. The van der Waals surface area contributed by atoms with Gasteiger partial charge in [-0.25, -0.2) is 0 Å². The zero-order valence-electron chi connectivity index (χ0n) is 14.6. The number of nitro groups is 1. The van der Waals surface area contributed by atoms with E-state index in [9.17, 15) is 14.9 Å². The number of para-hydroxylation sites is 1. The predicted octanol–water partition coefficient (Wildman–Crippen LogP) is 2.29. The van der Waals surface area contributed by atoms with Crippen LogP contribution in [0, 0.1) is 10.1 Å². The maximum Gasteiger partial charge on any atom is 0.270 e. The molecule has 0 bridgehead atoms. The van der Waals surface area contributed by atoms with Gasteiger partial charge < -0.3 is 19.7 Å². The van der Waals surface area contributed by atoms with E-state index in [0.29, 0.717) is 38.6 Å². The lowest BCUT2D eigenvalue weighted by atomic mass is 10.1. The standard InChI is InChI=1S/C19H19N3O5/c23-19(20-16-12-27-18-4-2-1-3-14(16)18)15-11-13(22(24)25)5-6-17(15)21-7-9-26-10-8-21/h1-6,11,16H,7-10,12H2,(H,20,23)/t16-/m0/s1. The molecule has 2 aliphatic rings. The summed E-state index contributed by atoms with van der Waals surface area (Å²) in [4.78, 5) is 25.7. The van der Waals surface area contributed by atoms with Crippen LogP contribution in [-0.4, -0.2) is 43.7 Å². The first-order valence-electron chi connectivity index (χ1n) is 8.77. The predicted molar refractivity (Wildman–Crippen MR) is 98.3 cm³/mol. The van der Waals surface area contributed by atoms with Gasteiger partial charge in [0.15, 0.2) is 0 Å². The third-order valence-corrected chi connectivity index (χ3v) is 4.79. The molecule has 1 N–H and O–H groups in total. The van der Waals surface area contributed by atoms with Gasteiger partial charge in [0.1, 0.15) is 12.4 Å². The first kappa shape index (κ1) is 17.3. The van der Waals surface area contributed by atoms with Gasteiger partial charge >= 0.3 is 0 Å². The van der Waals surface area contributed by atoms with E-state index in [4.69, 9.17) is 9.47 Å². The SMILES string of the molecule is O=C(N[C@H]1COc2ccccc21)c1cc([N+](=O)[O-])ccc1N1CCOCC1. The zero-order chi connectivity index (χ0) is 18.8. The van der Waals surface area contributed by atoms with E-state index < -0.39 is 4.92 Å². The van der Waals surface area contributed by atoms with Gasteiger partial charge in [0.25, 0.3) is 11.6 Å². The quantitative estimate of drug-likeness (QED) is 0.656. The number of rotatable bonds is 4. The highest BCUT2D eigenvalue weighted by Crippen LogP contribution is 2.33. The molecule has 4 rings (SSSR count). The summed E-state index contributed by atoms with van der Waals surface area (Å²) < 4.78 is 11.0. The van der Waals surface area contributed by atoms with Gasteiger partial charge in [-0.05, 0) is 12.1 Å². The molecule has 2 aliphatic heterocycles. The monoisotopic (exact) mass is 369 g/mol. The topological polar surface area (TPSA) is 93.9 Å². The highest BCUT2D eigenvalue weighted by Gasteiger charge is 2.28. The fraction of sp³-hybridized carbons (Fsp3) is 0.316. The van der Waals surface area contributed by atoms with Crippen LogP contribution in [0.5, 0.6) is 5.75 Å². The zero-order valence-corrected chi connectivity index (χ0v) is 14.6. The van der Waals surface area contributed by atoms with Gasteiger partial charge in [-0.3, -0.25) is 14.9 Å². The molecule has 1 fully saturated rings. The maximum atomic E-state index is 13.0. The van der Waals surface area contributed by atoms with Crippen LogP contribution in [0.2, 0.25) is 0 Å². The summed E-state index contributed by atoms with van der Waals surface area (Å²) >= 11 is 0. The van der Waals surface area contributed by atoms with E-state index >= 15 is 0 Å². The molecule has 0 aliphatic carbocycles. The number of nitrogens with one attached hydrogen (secondary N) is 1. The number of non-ortho nitro benzene ring substituents is 1. The van der Waals surface area contributed by atoms with Crippen LogP contribution in [-0.2, 0) is 4.74 Å². The van der Waals surface area contributed by atoms with Crippen molar-refractivity contribution in [3.63, 3.8) is 0 Å². The summed E-state index contributed by atoms with van der Waals surface area (Å²) in [6, 6.07) is 11.6. The molecule has 140 valence electrons. The molecule has 0 unspecified atom stereocenters. The summed E-state index contributed by atoms with van der Waals surface area (Å²) in [6.07, 6.45) is 0. The van der Waals surface area contributed by atoms with E-state index in [-0.39, 0.29) is 23.2 Å². The van der Waals surface area contributed by atoms with Gasteiger partial charge in [-0.1, -0.05) is 18.2 Å². The lowest BCUT2D eigenvalue weighted by Gasteiger charge is -2.30. The highest BCUT2D eigenvalue weighted by molar-refractivity contribution is 6.00. The summed E-state index contributed by atoms with van der Waals surface area (Å²) in [6.45, 7) is 2.72. The molecule has 2 heterocycles. The molecule has 0 spiro atoms. The van der Waals surface area contributed by atoms with Crippen molar-refractivity contribution in [2.45, 2.75) is 6.04 Å².